The van der Waals surface area contributed by atoms with Crippen molar-refractivity contribution in [2.45, 2.75) is 19.5 Å². The fourth-order valence-electron chi connectivity index (χ4n) is 1.89. The van der Waals surface area contributed by atoms with Gasteiger partial charge in [-0.1, -0.05) is 60.2 Å². The molecule has 1 atom stereocenters. The van der Waals surface area contributed by atoms with Gasteiger partial charge in [-0.05, 0) is 18.1 Å². The van der Waals surface area contributed by atoms with Crippen molar-refractivity contribution in [2.75, 3.05) is 5.88 Å². The lowest BCUT2D eigenvalue weighted by atomic mass is 10.1. The number of hydrogen-bond donors (Lipinski definition) is 1. The molecule has 0 aliphatic heterocycles. The van der Waals surface area contributed by atoms with Gasteiger partial charge in [0.2, 0.25) is 0 Å². The van der Waals surface area contributed by atoms with Crippen molar-refractivity contribution in [2.24, 2.45) is 0 Å². The highest BCUT2D eigenvalue weighted by molar-refractivity contribution is 6.18. The largest absolute Gasteiger partial charge is 0.305 e. The highest BCUT2D eigenvalue weighted by Crippen LogP contribution is 2.15. The molecule has 0 amide bonds. The summed E-state index contributed by atoms with van der Waals surface area (Å²) in [6, 6.07) is 19.1. The van der Waals surface area contributed by atoms with Crippen molar-refractivity contribution in [1.29, 1.82) is 0 Å². The van der Waals surface area contributed by atoms with E-state index in [0.717, 1.165) is 6.54 Å². The molecule has 0 saturated carbocycles. The van der Waals surface area contributed by atoms with Gasteiger partial charge in [0.15, 0.2) is 0 Å². The van der Waals surface area contributed by atoms with E-state index in [1.807, 2.05) is 18.2 Å². The molecule has 1 nitrogen and oxygen atoms in total. The second-order valence-electron chi connectivity index (χ2n) is 4.48. The van der Waals surface area contributed by atoms with E-state index in [2.05, 4.69) is 48.6 Å². The molecule has 94 valence electrons. The lowest BCUT2D eigenvalue weighted by molar-refractivity contribution is 0.579. The number of benzene rings is 2. The second kappa shape index (κ2) is 6.58. The lowest BCUT2D eigenvalue weighted by Gasteiger charge is -2.16. The highest BCUT2D eigenvalue weighted by atomic mass is 35.5. The van der Waals surface area contributed by atoms with Gasteiger partial charge in [-0.15, -0.1) is 11.6 Å². The van der Waals surface area contributed by atoms with E-state index < -0.39 is 0 Å². The lowest BCUT2D eigenvalue weighted by Crippen LogP contribution is -2.22. The minimum Gasteiger partial charge on any atom is -0.305 e. The molecule has 0 fully saturated rings. The number of halogens is 1. The summed E-state index contributed by atoms with van der Waals surface area (Å²) in [5, 5.41) is 3.49. The average molecular weight is 260 g/mol. The molecule has 0 aliphatic carbocycles. The topological polar surface area (TPSA) is 12.0 Å². The van der Waals surface area contributed by atoms with Gasteiger partial charge < -0.3 is 5.32 Å². The Labute approximate surface area is 114 Å². The minimum absolute atomic E-state index is 0.203. The summed E-state index contributed by atoms with van der Waals surface area (Å²) in [4.78, 5) is 0. The van der Waals surface area contributed by atoms with Crippen LogP contribution in [0.4, 0.5) is 0 Å². The molecule has 2 aromatic carbocycles. The Kier molecular flexibility index (Phi) is 4.80. The molecule has 1 unspecified atom stereocenters. The summed E-state index contributed by atoms with van der Waals surface area (Å²) in [6.45, 7) is 2.94. The maximum absolute atomic E-state index is 6.03. The third-order valence-electron chi connectivity index (χ3n) is 3.03. The molecule has 0 aliphatic rings. The summed E-state index contributed by atoms with van der Waals surface area (Å²) < 4.78 is 0. The Hall–Kier alpha value is -1.31. The zero-order chi connectivity index (χ0) is 12.8. The minimum atomic E-state index is 0.203. The second-order valence-corrected chi connectivity index (χ2v) is 4.79. The van der Waals surface area contributed by atoms with Gasteiger partial charge in [0.05, 0.1) is 0 Å². The van der Waals surface area contributed by atoms with Crippen LogP contribution in [0.25, 0.3) is 0 Å². The Morgan fingerprint density at radius 2 is 1.67 bits per heavy atom. The Morgan fingerprint density at radius 3 is 2.28 bits per heavy atom. The summed E-state index contributed by atoms with van der Waals surface area (Å²) in [7, 11) is 0. The van der Waals surface area contributed by atoms with Crippen LogP contribution in [0.1, 0.15) is 22.7 Å². The maximum atomic E-state index is 6.03. The molecule has 0 bridgehead atoms. The molecule has 2 rings (SSSR count). The first-order valence-electron chi connectivity index (χ1n) is 6.19. The Morgan fingerprint density at radius 1 is 1.00 bits per heavy atom. The average Bonchev–Trinajstić information content (AvgIpc) is 2.43. The molecule has 1 N–H and O–H groups in total. The van der Waals surface area contributed by atoms with Crippen LogP contribution >= 0.6 is 11.6 Å². The standard InChI is InChI=1S/C16H18ClN/c1-13-7-9-14(10-8-13)12-18-16(11-17)15-5-3-2-4-6-15/h2-10,16,18H,11-12H2,1H3. The van der Waals surface area contributed by atoms with Gasteiger partial charge in [-0.3, -0.25) is 0 Å². The number of rotatable bonds is 5. The van der Waals surface area contributed by atoms with Crippen LogP contribution < -0.4 is 5.32 Å². The smallest absolute Gasteiger partial charge is 0.0460 e. The number of alkyl halides is 1. The van der Waals surface area contributed by atoms with Crippen LogP contribution in [0.3, 0.4) is 0 Å². The first-order chi connectivity index (χ1) is 8.79. The predicted molar refractivity (Wildman–Crippen MR) is 77.9 cm³/mol. The van der Waals surface area contributed by atoms with Crippen molar-refractivity contribution < 1.29 is 0 Å². The SMILES string of the molecule is Cc1ccc(CNC(CCl)c2ccccc2)cc1. The van der Waals surface area contributed by atoms with E-state index in [0.29, 0.717) is 5.88 Å². The van der Waals surface area contributed by atoms with Crippen molar-refractivity contribution in [3.05, 3.63) is 71.3 Å². The predicted octanol–water partition coefficient (Wildman–Crippen LogP) is 4.06. The number of nitrogens with one attached hydrogen (secondary N) is 1. The first kappa shape index (κ1) is 13.1. The monoisotopic (exact) mass is 259 g/mol. The molecular formula is C16H18ClN. The summed E-state index contributed by atoms with van der Waals surface area (Å²) in [5.74, 6) is 0.579. The van der Waals surface area contributed by atoms with Crippen LogP contribution in [0.15, 0.2) is 54.6 Å². The first-order valence-corrected chi connectivity index (χ1v) is 6.73. The number of hydrogen-bond acceptors (Lipinski definition) is 1. The zero-order valence-electron chi connectivity index (χ0n) is 10.6. The van der Waals surface area contributed by atoms with Crippen LogP contribution in [-0.2, 0) is 6.54 Å². The van der Waals surface area contributed by atoms with E-state index in [-0.39, 0.29) is 6.04 Å². The van der Waals surface area contributed by atoms with Gasteiger partial charge in [-0.2, -0.15) is 0 Å². The Balaban J connectivity index is 1.97. The highest BCUT2D eigenvalue weighted by Gasteiger charge is 2.08. The summed E-state index contributed by atoms with van der Waals surface area (Å²) in [5.41, 5.74) is 3.81. The fourth-order valence-corrected chi connectivity index (χ4v) is 2.18. The maximum Gasteiger partial charge on any atom is 0.0460 e. The van der Waals surface area contributed by atoms with E-state index in [1.54, 1.807) is 0 Å². The molecular weight excluding hydrogens is 242 g/mol. The molecule has 0 aromatic heterocycles. The van der Waals surface area contributed by atoms with Gasteiger partial charge in [0, 0.05) is 18.5 Å². The molecule has 0 spiro atoms. The molecule has 18 heavy (non-hydrogen) atoms. The normalized spacial score (nSPS) is 12.3. The molecule has 2 aromatic rings. The van der Waals surface area contributed by atoms with Crippen molar-refractivity contribution >= 4 is 11.6 Å². The van der Waals surface area contributed by atoms with Crippen molar-refractivity contribution in [3.63, 3.8) is 0 Å². The quantitative estimate of drug-likeness (QED) is 0.799. The third-order valence-corrected chi connectivity index (χ3v) is 3.34. The van der Waals surface area contributed by atoms with Crippen LogP contribution in [0, 0.1) is 6.92 Å². The van der Waals surface area contributed by atoms with E-state index in [4.69, 9.17) is 11.6 Å². The summed E-state index contributed by atoms with van der Waals surface area (Å²) >= 11 is 6.03. The molecule has 2 heteroatoms. The molecule has 0 heterocycles. The third kappa shape index (κ3) is 3.59. The van der Waals surface area contributed by atoms with Crippen LogP contribution in [-0.4, -0.2) is 5.88 Å². The molecule has 0 radical (unpaired) electrons. The van der Waals surface area contributed by atoms with Gasteiger partial charge >= 0.3 is 0 Å². The van der Waals surface area contributed by atoms with E-state index in [9.17, 15) is 0 Å². The van der Waals surface area contributed by atoms with Gasteiger partial charge in [0.25, 0.3) is 0 Å². The summed E-state index contributed by atoms with van der Waals surface area (Å²) in [6.07, 6.45) is 0. The number of aryl methyl sites for hydroxylation is 1. The van der Waals surface area contributed by atoms with Crippen molar-refractivity contribution in [1.82, 2.24) is 5.32 Å². The van der Waals surface area contributed by atoms with Gasteiger partial charge in [0.1, 0.15) is 0 Å². The zero-order valence-corrected chi connectivity index (χ0v) is 11.3. The van der Waals surface area contributed by atoms with E-state index in [1.165, 1.54) is 16.7 Å². The van der Waals surface area contributed by atoms with E-state index >= 15 is 0 Å². The molecule has 0 saturated heterocycles. The fraction of sp³-hybridized carbons (Fsp3) is 0.250. The van der Waals surface area contributed by atoms with Crippen LogP contribution in [0.2, 0.25) is 0 Å². The Bertz CT molecular complexity index is 464. The van der Waals surface area contributed by atoms with Gasteiger partial charge in [-0.25, -0.2) is 0 Å². The van der Waals surface area contributed by atoms with Crippen molar-refractivity contribution in [3.8, 4) is 0 Å². The van der Waals surface area contributed by atoms with Crippen LogP contribution in [0.5, 0.6) is 0 Å².